The van der Waals surface area contributed by atoms with Crippen molar-refractivity contribution in [2.45, 2.75) is 38.1 Å². The van der Waals surface area contributed by atoms with Crippen LogP contribution in [0.4, 0.5) is 5.69 Å². The summed E-state index contributed by atoms with van der Waals surface area (Å²) >= 11 is 13.6. The number of nitrogens with one attached hydrogen (secondary N) is 3. The third-order valence-electron chi connectivity index (χ3n) is 5.05. The maximum Gasteiger partial charge on any atom is 0.257 e. The van der Waals surface area contributed by atoms with E-state index >= 15 is 0 Å². The number of rotatable bonds is 5. The van der Waals surface area contributed by atoms with Crippen molar-refractivity contribution in [3.63, 3.8) is 0 Å². The number of methoxy groups -OCH3 is 1. The van der Waals surface area contributed by atoms with Crippen LogP contribution in [-0.2, 0) is 0 Å². The Morgan fingerprint density at radius 3 is 2.52 bits per heavy atom. The fourth-order valence-electron chi connectivity index (χ4n) is 3.43. The first-order valence-electron chi connectivity index (χ1n) is 9.93. The third kappa shape index (κ3) is 6.54. The van der Waals surface area contributed by atoms with Crippen molar-refractivity contribution in [1.82, 2.24) is 10.6 Å². The lowest BCUT2D eigenvalue weighted by Gasteiger charge is -2.23. The van der Waals surface area contributed by atoms with Gasteiger partial charge >= 0.3 is 0 Å². The van der Waals surface area contributed by atoms with Crippen LogP contribution in [0.3, 0.4) is 0 Å². The van der Waals surface area contributed by atoms with Crippen LogP contribution < -0.4 is 20.7 Å². The molecule has 9 heteroatoms. The average Bonchev–Trinajstić information content (AvgIpc) is 2.75. The molecule has 0 radical (unpaired) electrons. The summed E-state index contributed by atoms with van der Waals surface area (Å²) in [4.78, 5) is 25.2. The summed E-state index contributed by atoms with van der Waals surface area (Å²) < 4.78 is 6.02. The molecular formula is C22H23ClIN3O3S. The van der Waals surface area contributed by atoms with Crippen LogP contribution in [-0.4, -0.2) is 30.1 Å². The number of carbonyl (C=O) groups is 2. The van der Waals surface area contributed by atoms with E-state index in [2.05, 4.69) is 38.5 Å². The van der Waals surface area contributed by atoms with Gasteiger partial charge in [-0.2, -0.15) is 0 Å². The lowest BCUT2D eigenvalue weighted by molar-refractivity contribution is 0.0926. The molecule has 0 unspecified atom stereocenters. The Morgan fingerprint density at radius 2 is 1.84 bits per heavy atom. The van der Waals surface area contributed by atoms with E-state index in [1.54, 1.807) is 43.5 Å². The zero-order valence-electron chi connectivity index (χ0n) is 17.0. The van der Waals surface area contributed by atoms with Crippen molar-refractivity contribution in [2.24, 2.45) is 0 Å². The molecule has 2 amide bonds. The van der Waals surface area contributed by atoms with Crippen molar-refractivity contribution in [3.05, 3.63) is 56.1 Å². The summed E-state index contributed by atoms with van der Waals surface area (Å²) in [5.74, 6) is 0.142. The first-order chi connectivity index (χ1) is 14.9. The van der Waals surface area contributed by atoms with Crippen LogP contribution in [0.2, 0.25) is 5.02 Å². The molecule has 3 rings (SSSR count). The molecule has 1 aliphatic rings. The average molecular weight is 572 g/mol. The van der Waals surface area contributed by atoms with Crippen LogP contribution in [0.15, 0.2) is 36.4 Å². The molecule has 164 valence electrons. The van der Waals surface area contributed by atoms with Crippen molar-refractivity contribution in [3.8, 4) is 5.75 Å². The number of amides is 2. The summed E-state index contributed by atoms with van der Waals surface area (Å²) in [5.41, 5.74) is 1.39. The molecule has 1 aliphatic carbocycles. The van der Waals surface area contributed by atoms with E-state index < -0.39 is 0 Å². The molecule has 0 spiro atoms. The molecule has 0 bridgehead atoms. The Hall–Kier alpha value is -1.91. The number of halogens is 2. The van der Waals surface area contributed by atoms with Crippen molar-refractivity contribution < 1.29 is 14.3 Å². The highest BCUT2D eigenvalue weighted by molar-refractivity contribution is 14.1. The first-order valence-corrected chi connectivity index (χ1v) is 11.8. The Balaban J connectivity index is 1.63. The normalized spacial score (nSPS) is 13.9. The Kier molecular flexibility index (Phi) is 8.50. The SMILES string of the molecule is COc1ccc(C(=O)NC(=S)Nc2ccc(Cl)c(C(=O)NC3CCCCC3)c2)cc1I. The molecule has 1 saturated carbocycles. The van der Waals surface area contributed by atoms with Gasteiger partial charge in [0.25, 0.3) is 11.8 Å². The van der Waals surface area contributed by atoms with Gasteiger partial charge in [-0.25, -0.2) is 0 Å². The third-order valence-corrected chi connectivity index (χ3v) is 6.43. The quantitative estimate of drug-likeness (QED) is 0.342. The maximum absolute atomic E-state index is 12.7. The molecule has 0 aromatic heterocycles. The fourth-order valence-corrected chi connectivity index (χ4v) is 4.58. The second kappa shape index (κ2) is 11.1. The number of anilines is 1. The van der Waals surface area contributed by atoms with Gasteiger partial charge in [-0.15, -0.1) is 0 Å². The smallest absolute Gasteiger partial charge is 0.257 e. The lowest BCUT2D eigenvalue weighted by Crippen LogP contribution is -2.36. The molecule has 0 atom stereocenters. The zero-order valence-corrected chi connectivity index (χ0v) is 20.7. The van der Waals surface area contributed by atoms with Gasteiger partial charge in [-0.3, -0.25) is 14.9 Å². The van der Waals surface area contributed by atoms with Gasteiger partial charge in [-0.05, 0) is 84.0 Å². The summed E-state index contributed by atoms with van der Waals surface area (Å²) in [6.45, 7) is 0. The van der Waals surface area contributed by atoms with Crippen LogP contribution in [0.1, 0.15) is 52.8 Å². The van der Waals surface area contributed by atoms with Gasteiger partial charge in [-0.1, -0.05) is 30.9 Å². The van der Waals surface area contributed by atoms with Crippen molar-refractivity contribution in [2.75, 3.05) is 12.4 Å². The standard InChI is InChI=1S/C22H23ClIN3O3S/c1-30-19-10-7-13(11-18(19)24)20(28)27-22(31)26-15-8-9-17(23)16(12-15)21(29)25-14-5-3-2-4-6-14/h7-12,14H,2-6H2,1H3,(H,25,29)(H2,26,27,28,31). The summed E-state index contributed by atoms with van der Waals surface area (Å²) in [6, 6.07) is 10.3. The monoisotopic (exact) mass is 571 g/mol. The summed E-state index contributed by atoms with van der Waals surface area (Å²) in [5, 5.41) is 9.13. The Bertz CT molecular complexity index is 996. The van der Waals surface area contributed by atoms with Crippen LogP contribution in [0.25, 0.3) is 0 Å². The zero-order chi connectivity index (χ0) is 22.4. The number of ether oxygens (including phenoxy) is 1. The minimum absolute atomic E-state index is 0.122. The number of hydrogen-bond acceptors (Lipinski definition) is 4. The highest BCUT2D eigenvalue weighted by atomic mass is 127. The van der Waals surface area contributed by atoms with Crippen molar-refractivity contribution >= 4 is 69.0 Å². The largest absolute Gasteiger partial charge is 0.496 e. The molecule has 2 aromatic carbocycles. The topological polar surface area (TPSA) is 79.5 Å². The van der Waals surface area contributed by atoms with Gasteiger partial charge in [0, 0.05) is 17.3 Å². The molecule has 3 N–H and O–H groups in total. The van der Waals surface area contributed by atoms with Gasteiger partial charge in [0.15, 0.2) is 5.11 Å². The predicted molar refractivity (Wildman–Crippen MR) is 135 cm³/mol. The molecular weight excluding hydrogens is 549 g/mol. The van der Waals surface area contributed by atoms with Gasteiger partial charge < -0.3 is 15.4 Å². The highest BCUT2D eigenvalue weighted by Crippen LogP contribution is 2.23. The summed E-state index contributed by atoms with van der Waals surface area (Å²) in [6.07, 6.45) is 5.44. The molecule has 0 aliphatic heterocycles. The lowest BCUT2D eigenvalue weighted by atomic mass is 9.95. The van der Waals surface area contributed by atoms with Gasteiger partial charge in [0.1, 0.15) is 5.75 Å². The van der Waals surface area contributed by atoms with E-state index in [1.807, 2.05) is 0 Å². The second-order valence-corrected chi connectivity index (χ2v) is 9.24. The van der Waals surface area contributed by atoms with Gasteiger partial charge in [0.2, 0.25) is 0 Å². The minimum Gasteiger partial charge on any atom is -0.496 e. The Morgan fingerprint density at radius 1 is 1.10 bits per heavy atom. The Labute approximate surface area is 205 Å². The second-order valence-electron chi connectivity index (χ2n) is 7.26. The van der Waals surface area contributed by atoms with Crippen LogP contribution in [0, 0.1) is 3.57 Å². The van der Waals surface area contributed by atoms with E-state index in [9.17, 15) is 9.59 Å². The van der Waals surface area contributed by atoms with E-state index in [0.29, 0.717) is 27.6 Å². The maximum atomic E-state index is 12.7. The predicted octanol–water partition coefficient (Wildman–Crippen LogP) is 5.14. The minimum atomic E-state index is -0.345. The number of thiocarbonyl (C=S) groups is 1. The molecule has 6 nitrogen and oxygen atoms in total. The first kappa shape index (κ1) is 23.7. The molecule has 1 fully saturated rings. The van der Waals surface area contributed by atoms with E-state index in [1.165, 1.54) is 6.42 Å². The van der Waals surface area contributed by atoms with Crippen LogP contribution >= 0.6 is 46.4 Å². The van der Waals surface area contributed by atoms with E-state index in [4.69, 9.17) is 28.6 Å². The van der Waals surface area contributed by atoms with Crippen molar-refractivity contribution in [1.29, 1.82) is 0 Å². The number of hydrogen-bond donors (Lipinski definition) is 3. The molecule has 0 heterocycles. The van der Waals surface area contributed by atoms with E-state index in [0.717, 1.165) is 29.3 Å². The van der Waals surface area contributed by atoms with Crippen LogP contribution in [0.5, 0.6) is 5.75 Å². The molecule has 31 heavy (non-hydrogen) atoms. The summed E-state index contributed by atoms with van der Waals surface area (Å²) in [7, 11) is 1.58. The fraction of sp³-hybridized carbons (Fsp3) is 0.318. The van der Waals surface area contributed by atoms with Gasteiger partial charge in [0.05, 0.1) is 21.3 Å². The molecule has 0 saturated heterocycles. The number of benzene rings is 2. The number of carbonyl (C=O) groups excluding carboxylic acids is 2. The molecule has 2 aromatic rings. The van der Waals surface area contributed by atoms with E-state index in [-0.39, 0.29) is 23.0 Å². The highest BCUT2D eigenvalue weighted by Gasteiger charge is 2.19.